The molecule has 0 saturated carbocycles. The number of hydrogen-bond acceptors (Lipinski definition) is 10. The number of unbranched alkanes of at least 4 members (excludes halogenated alkanes) is 17. The summed E-state index contributed by atoms with van der Waals surface area (Å²) in [6.45, 7) is 4.47. The first-order valence-electron chi connectivity index (χ1n) is 24.9. The second-order valence-electron chi connectivity index (χ2n) is 17.1. The lowest BCUT2D eigenvalue weighted by Crippen LogP contribution is -2.29. The average molecular weight is 923 g/mol. The molecule has 2 unspecified atom stereocenters. The van der Waals surface area contributed by atoms with Crippen molar-refractivity contribution in [3.05, 3.63) is 72.9 Å². The van der Waals surface area contributed by atoms with E-state index in [2.05, 4.69) is 43.5 Å². The minimum atomic E-state index is -4.66. The zero-order valence-electron chi connectivity index (χ0n) is 40.3. The molecule has 0 aromatic rings. The van der Waals surface area contributed by atoms with E-state index in [0.29, 0.717) is 25.7 Å². The van der Waals surface area contributed by atoms with E-state index < -0.39 is 57.9 Å². The monoisotopic (exact) mass is 923 g/mol. The molecule has 370 valence electrons. The van der Waals surface area contributed by atoms with Gasteiger partial charge in [0.2, 0.25) is 0 Å². The van der Waals surface area contributed by atoms with Crippen LogP contribution in [0.2, 0.25) is 0 Å². The highest BCUT2D eigenvalue weighted by Gasteiger charge is 2.27. The molecule has 0 bridgehead atoms. The van der Waals surface area contributed by atoms with Gasteiger partial charge in [-0.2, -0.15) is 0 Å². The van der Waals surface area contributed by atoms with E-state index in [0.717, 1.165) is 44.4 Å². The summed E-state index contributed by atoms with van der Waals surface area (Å²) in [7, 11) is -4.66. The molecule has 0 rings (SSSR count). The van der Waals surface area contributed by atoms with Crippen LogP contribution in [0.15, 0.2) is 72.9 Å². The van der Waals surface area contributed by atoms with Gasteiger partial charge in [-0.3, -0.25) is 18.6 Å². The highest BCUT2D eigenvalue weighted by atomic mass is 31.2. The van der Waals surface area contributed by atoms with Crippen LogP contribution in [0, 0.1) is 5.92 Å². The average Bonchev–Trinajstić information content (AvgIpc) is 3.27. The number of phosphoric acid groups is 1. The Morgan fingerprint density at radius 2 is 1.08 bits per heavy atom. The smallest absolute Gasteiger partial charge is 0.462 e. The molecule has 0 amide bonds. The van der Waals surface area contributed by atoms with Gasteiger partial charge in [0.05, 0.1) is 25.9 Å². The van der Waals surface area contributed by atoms with Crippen LogP contribution >= 0.6 is 7.82 Å². The van der Waals surface area contributed by atoms with Crippen molar-refractivity contribution in [2.75, 3.05) is 26.4 Å². The maximum Gasteiger partial charge on any atom is 0.472 e. The van der Waals surface area contributed by atoms with Crippen LogP contribution in [0.1, 0.15) is 194 Å². The van der Waals surface area contributed by atoms with Gasteiger partial charge in [-0.1, -0.05) is 209 Å². The Morgan fingerprint density at radius 1 is 0.578 bits per heavy atom. The van der Waals surface area contributed by atoms with Crippen LogP contribution in [0.3, 0.4) is 0 Å². The normalized spacial score (nSPS) is 14.9. The van der Waals surface area contributed by atoms with Crippen LogP contribution in [0.5, 0.6) is 0 Å². The summed E-state index contributed by atoms with van der Waals surface area (Å²) in [6.07, 6.45) is 49.2. The van der Waals surface area contributed by atoms with Gasteiger partial charge < -0.3 is 29.7 Å². The fourth-order valence-electron chi connectivity index (χ4n) is 6.58. The molecule has 4 atom stereocenters. The number of aliphatic hydroxyl groups excluding tert-OH is 3. The minimum absolute atomic E-state index is 0.0340. The zero-order valence-corrected chi connectivity index (χ0v) is 41.1. The molecule has 64 heavy (non-hydrogen) atoms. The van der Waals surface area contributed by atoms with Crippen molar-refractivity contribution in [1.82, 2.24) is 0 Å². The zero-order chi connectivity index (χ0) is 47.2. The standard InChI is InChI=1S/C52H91O11P/c1-4-5-6-7-29-34-39-48(54)40-35-30-25-21-18-19-23-27-32-37-42-52(57)63-50(46-62-64(58,59)61-44-49(55)43-53)45-60-51(56)41-36-31-26-22-17-15-13-11-9-8-10-12-14-16-20-24-28-33-38-47(2)3/h5-6,18-19,25,27,29-30,32,34-35,40,47-50,53-55H,4,7-17,20-24,26,28,31,33,36-39,41-46H2,1-3H3,(H,58,59)/b6-5-,19-18-,30-25-,32-27-,34-29-,40-35+/t48?,49-,50+/m0/s1. The Labute approximate surface area is 389 Å². The molecule has 0 spiro atoms. The van der Waals surface area contributed by atoms with Gasteiger partial charge >= 0.3 is 19.8 Å². The van der Waals surface area contributed by atoms with Gasteiger partial charge in [-0.25, -0.2) is 4.57 Å². The number of allylic oxidation sites excluding steroid dienone is 10. The molecule has 0 aliphatic heterocycles. The molecule has 0 heterocycles. The maximum absolute atomic E-state index is 12.6. The Kier molecular flexibility index (Phi) is 43.7. The van der Waals surface area contributed by atoms with Gasteiger partial charge in [0, 0.05) is 12.8 Å². The second kappa shape index (κ2) is 45.5. The third-order valence-electron chi connectivity index (χ3n) is 10.4. The summed E-state index contributed by atoms with van der Waals surface area (Å²) in [5.74, 6) is -0.213. The number of phosphoric ester groups is 1. The van der Waals surface area contributed by atoms with Crippen LogP contribution in [-0.4, -0.2) is 76.9 Å². The Hall–Kier alpha value is -2.63. The SMILES string of the molecule is CC/C=C\C/C=C\CC(O)/C=C/C=C\C/C=C\C/C=C\CCC(=O)O[C@H](COC(=O)CCCCCCCCCCCCCCCCCCCCC(C)C)COP(=O)(O)OC[C@@H](O)CO. The lowest BCUT2D eigenvalue weighted by Gasteiger charge is -2.20. The number of hydrogen-bond donors (Lipinski definition) is 4. The van der Waals surface area contributed by atoms with Crippen molar-refractivity contribution < 1.29 is 52.9 Å². The molecule has 12 heteroatoms. The third-order valence-corrected chi connectivity index (χ3v) is 11.3. The van der Waals surface area contributed by atoms with E-state index >= 15 is 0 Å². The van der Waals surface area contributed by atoms with E-state index in [4.69, 9.17) is 19.1 Å². The molecule has 0 aliphatic carbocycles. The number of carbonyl (C=O) groups excluding carboxylic acids is 2. The van der Waals surface area contributed by atoms with Crippen molar-refractivity contribution >= 4 is 19.8 Å². The van der Waals surface area contributed by atoms with Gasteiger partial charge in [0.1, 0.15) is 12.7 Å². The fraction of sp³-hybridized carbons (Fsp3) is 0.731. The molecule has 0 saturated heterocycles. The molecular weight excluding hydrogens is 832 g/mol. The van der Waals surface area contributed by atoms with E-state index in [9.17, 15) is 29.3 Å². The van der Waals surface area contributed by atoms with Gasteiger partial charge in [0.15, 0.2) is 6.10 Å². The highest BCUT2D eigenvalue weighted by Crippen LogP contribution is 2.43. The molecule has 0 fully saturated rings. The largest absolute Gasteiger partial charge is 0.472 e. The highest BCUT2D eigenvalue weighted by molar-refractivity contribution is 7.47. The molecule has 0 aromatic heterocycles. The van der Waals surface area contributed by atoms with Crippen molar-refractivity contribution in [2.45, 2.75) is 212 Å². The molecule has 0 radical (unpaired) electrons. The van der Waals surface area contributed by atoms with E-state index in [1.165, 1.54) is 96.3 Å². The molecule has 0 aromatic carbocycles. The van der Waals surface area contributed by atoms with Crippen molar-refractivity contribution in [2.24, 2.45) is 5.92 Å². The summed E-state index contributed by atoms with van der Waals surface area (Å²) in [5.41, 5.74) is 0. The summed E-state index contributed by atoms with van der Waals surface area (Å²) in [5, 5.41) is 28.4. The Bertz CT molecular complexity index is 1320. The van der Waals surface area contributed by atoms with Crippen molar-refractivity contribution in [3.63, 3.8) is 0 Å². The summed E-state index contributed by atoms with van der Waals surface area (Å²) >= 11 is 0. The van der Waals surface area contributed by atoms with Crippen LogP contribution < -0.4 is 0 Å². The van der Waals surface area contributed by atoms with E-state index in [1.807, 2.05) is 48.6 Å². The number of ether oxygens (including phenoxy) is 2. The topological polar surface area (TPSA) is 169 Å². The number of rotatable bonds is 45. The summed E-state index contributed by atoms with van der Waals surface area (Å²) in [4.78, 5) is 35.1. The lowest BCUT2D eigenvalue weighted by atomic mass is 10.0. The molecule has 4 N–H and O–H groups in total. The number of esters is 2. The number of carbonyl (C=O) groups is 2. The van der Waals surface area contributed by atoms with E-state index in [-0.39, 0.29) is 19.4 Å². The fourth-order valence-corrected chi connectivity index (χ4v) is 7.37. The lowest BCUT2D eigenvalue weighted by molar-refractivity contribution is -0.161. The Balaban J connectivity index is 4.35. The van der Waals surface area contributed by atoms with Crippen molar-refractivity contribution in [3.8, 4) is 0 Å². The summed E-state index contributed by atoms with van der Waals surface area (Å²) in [6, 6.07) is 0. The summed E-state index contributed by atoms with van der Waals surface area (Å²) < 4.78 is 32.7. The van der Waals surface area contributed by atoms with Gasteiger partial charge in [-0.15, -0.1) is 0 Å². The Morgan fingerprint density at radius 3 is 1.64 bits per heavy atom. The van der Waals surface area contributed by atoms with Crippen LogP contribution in [-0.2, 0) is 32.7 Å². The predicted octanol–water partition coefficient (Wildman–Crippen LogP) is 12.8. The van der Waals surface area contributed by atoms with Crippen LogP contribution in [0.25, 0.3) is 0 Å². The minimum Gasteiger partial charge on any atom is -0.462 e. The third kappa shape index (κ3) is 45.9. The quantitative estimate of drug-likeness (QED) is 0.0151. The maximum atomic E-state index is 12.6. The first-order chi connectivity index (χ1) is 31.0. The van der Waals surface area contributed by atoms with Crippen LogP contribution in [0.4, 0.5) is 0 Å². The first-order valence-corrected chi connectivity index (χ1v) is 26.4. The molecular formula is C52H91O11P. The first kappa shape index (κ1) is 61.4. The molecule has 0 aliphatic rings. The van der Waals surface area contributed by atoms with Gasteiger partial charge in [-0.05, 0) is 50.9 Å². The second-order valence-corrected chi connectivity index (χ2v) is 18.6. The molecule has 11 nitrogen and oxygen atoms in total. The van der Waals surface area contributed by atoms with Gasteiger partial charge in [0.25, 0.3) is 0 Å². The number of aliphatic hydroxyl groups is 3. The van der Waals surface area contributed by atoms with E-state index in [1.54, 1.807) is 6.08 Å². The van der Waals surface area contributed by atoms with Crippen molar-refractivity contribution in [1.29, 1.82) is 0 Å². The predicted molar refractivity (Wildman–Crippen MR) is 262 cm³/mol.